The summed E-state index contributed by atoms with van der Waals surface area (Å²) in [5, 5.41) is 5.42. The molecule has 0 bridgehead atoms. The van der Waals surface area contributed by atoms with Gasteiger partial charge < -0.3 is 0 Å². The van der Waals surface area contributed by atoms with Gasteiger partial charge in [0.1, 0.15) is 0 Å². The van der Waals surface area contributed by atoms with Crippen molar-refractivity contribution in [3.8, 4) is 0 Å². The van der Waals surface area contributed by atoms with Crippen LogP contribution < -0.4 is 11.3 Å². The first-order valence-electron chi connectivity index (χ1n) is 7.89. The molecule has 2 rings (SSSR count). The Hall–Kier alpha value is -0.580. The Morgan fingerprint density at radius 3 is 2.65 bits per heavy atom. The molecule has 0 amide bonds. The molecule has 5 heteroatoms. The van der Waals surface area contributed by atoms with E-state index in [0.29, 0.717) is 6.04 Å². The van der Waals surface area contributed by atoms with Crippen molar-refractivity contribution < 1.29 is 0 Å². The Labute approximate surface area is 127 Å². The number of halogens is 1. The normalized spacial score (nSPS) is 17.8. The fourth-order valence-corrected chi connectivity index (χ4v) is 3.65. The quantitative estimate of drug-likeness (QED) is 0.601. The van der Waals surface area contributed by atoms with Crippen molar-refractivity contribution in [2.24, 2.45) is 11.8 Å². The highest BCUT2D eigenvalue weighted by molar-refractivity contribution is 6.31. The van der Waals surface area contributed by atoms with Gasteiger partial charge in [0.15, 0.2) is 0 Å². The number of nitrogens with one attached hydrogen (secondary N) is 1. The van der Waals surface area contributed by atoms with Gasteiger partial charge in [0.05, 0.1) is 16.4 Å². The highest BCUT2D eigenvalue weighted by Gasteiger charge is 2.23. The van der Waals surface area contributed by atoms with Crippen molar-refractivity contribution in [3.05, 3.63) is 16.4 Å². The van der Waals surface area contributed by atoms with Crippen molar-refractivity contribution in [3.63, 3.8) is 0 Å². The standard InChI is InChI=1S/C15H27ClN4/c1-3-13-15(16)14(20(4-2)19-13)10-12(18-17)9-11-7-5-6-8-11/h11-12,18H,3-10,17H2,1-2H3. The van der Waals surface area contributed by atoms with Gasteiger partial charge >= 0.3 is 0 Å². The molecule has 0 radical (unpaired) electrons. The smallest absolute Gasteiger partial charge is 0.0850 e. The third-order valence-corrected chi connectivity index (χ3v) is 4.90. The Morgan fingerprint density at radius 2 is 2.10 bits per heavy atom. The third-order valence-electron chi connectivity index (χ3n) is 4.46. The largest absolute Gasteiger partial charge is 0.271 e. The molecular formula is C15H27ClN4. The number of nitrogens with zero attached hydrogens (tertiary/aromatic N) is 2. The molecule has 1 aromatic rings. The molecule has 0 aromatic carbocycles. The van der Waals surface area contributed by atoms with Crippen LogP contribution in [0.1, 0.15) is 57.3 Å². The monoisotopic (exact) mass is 298 g/mol. The lowest BCUT2D eigenvalue weighted by atomic mass is 9.96. The van der Waals surface area contributed by atoms with E-state index in [1.165, 1.54) is 25.7 Å². The van der Waals surface area contributed by atoms with Gasteiger partial charge in [-0.3, -0.25) is 16.0 Å². The zero-order valence-electron chi connectivity index (χ0n) is 12.7. The molecule has 0 spiro atoms. The molecule has 4 nitrogen and oxygen atoms in total. The van der Waals surface area contributed by atoms with Crippen molar-refractivity contribution in [2.75, 3.05) is 0 Å². The summed E-state index contributed by atoms with van der Waals surface area (Å²) in [5.74, 6) is 6.57. The maximum atomic E-state index is 6.47. The van der Waals surface area contributed by atoms with E-state index in [1.807, 2.05) is 4.68 Å². The summed E-state index contributed by atoms with van der Waals surface area (Å²) in [6, 6.07) is 0.294. The lowest BCUT2D eigenvalue weighted by Crippen LogP contribution is -2.38. The Bertz CT molecular complexity index is 424. The molecule has 1 saturated carbocycles. The topological polar surface area (TPSA) is 55.9 Å². The first-order valence-corrected chi connectivity index (χ1v) is 8.27. The second kappa shape index (κ2) is 7.43. The first kappa shape index (κ1) is 15.8. The zero-order valence-corrected chi connectivity index (χ0v) is 13.4. The predicted octanol–water partition coefficient (Wildman–Crippen LogP) is 3.07. The van der Waals surface area contributed by atoms with Gasteiger partial charge in [-0.1, -0.05) is 44.2 Å². The van der Waals surface area contributed by atoms with Crippen LogP contribution in [0.2, 0.25) is 5.02 Å². The van der Waals surface area contributed by atoms with Crippen molar-refractivity contribution in [2.45, 2.75) is 71.4 Å². The minimum atomic E-state index is 0.294. The molecular weight excluding hydrogens is 272 g/mol. The van der Waals surface area contributed by atoms with Gasteiger partial charge in [-0.25, -0.2) is 0 Å². The molecule has 20 heavy (non-hydrogen) atoms. The molecule has 1 aliphatic rings. The maximum absolute atomic E-state index is 6.47. The molecule has 3 N–H and O–H groups in total. The van der Waals surface area contributed by atoms with Crippen molar-refractivity contribution in [1.29, 1.82) is 0 Å². The first-order chi connectivity index (χ1) is 9.69. The Morgan fingerprint density at radius 1 is 1.40 bits per heavy atom. The molecule has 114 valence electrons. The van der Waals surface area contributed by atoms with Crippen LogP contribution in [0, 0.1) is 5.92 Å². The highest BCUT2D eigenvalue weighted by Crippen LogP contribution is 2.30. The van der Waals surface area contributed by atoms with Gasteiger partial charge in [-0.15, -0.1) is 0 Å². The fraction of sp³-hybridized carbons (Fsp3) is 0.800. The summed E-state index contributed by atoms with van der Waals surface area (Å²) in [6.45, 7) is 5.05. The number of hydrazine groups is 1. The molecule has 1 unspecified atom stereocenters. The van der Waals surface area contributed by atoms with E-state index >= 15 is 0 Å². The number of aryl methyl sites for hydroxylation is 2. The van der Waals surface area contributed by atoms with Crippen LogP contribution in [0.5, 0.6) is 0 Å². The maximum Gasteiger partial charge on any atom is 0.0850 e. The average molecular weight is 299 g/mol. The van der Waals surface area contributed by atoms with Crippen LogP contribution in [0.25, 0.3) is 0 Å². The van der Waals surface area contributed by atoms with E-state index in [1.54, 1.807) is 0 Å². The molecule has 1 fully saturated rings. The minimum Gasteiger partial charge on any atom is -0.271 e. The van der Waals surface area contributed by atoms with Crippen LogP contribution in [-0.4, -0.2) is 15.8 Å². The number of hydrogen-bond donors (Lipinski definition) is 2. The molecule has 1 aliphatic carbocycles. The molecule has 0 saturated heterocycles. The molecule has 1 aromatic heterocycles. The van der Waals surface area contributed by atoms with Crippen LogP contribution in [0.3, 0.4) is 0 Å². The second-order valence-electron chi connectivity index (χ2n) is 5.83. The number of rotatable bonds is 7. The summed E-state index contributed by atoms with van der Waals surface area (Å²) in [7, 11) is 0. The van der Waals surface area contributed by atoms with Gasteiger partial charge in [0.2, 0.25) is 0 Å². The second-order valence-corrected chi connectivity index (χ2v) is 6.21. The van der Waals surface area contributed by atoms with Crippen molar-refractivity contribution >= 4 is 11.6 Å². The van der Waals surface area contributed by atoms with E-state index in [-0.39, 0.29) is 0 Å². The molecule has 0 aliphatic heterocycles. The number of aromatic nitrogens is 2. The van der Waals surface area contributed by atoms with Gasteiger partial charge in [0, 0.05) is 19.0 Å². The van der Waals surface area contributed by atoms with Crippen LogP contribution in [-0.2, 0) is 19.4 Å². The third kappa shape index (κ3) is 3.54. The van der Waals surface area contributed by atoms with Crippen molar-refractivity contribution in [1.82, 2.24) is 15.2 Å². The average Bonchev–Trinajstić information content (AvgIpc) is 3.07. The predicted molar refractivity (Wildman–Crippen MR) is 83.7 cm³/mol. The Kier molecular flexibility index (Phi) is 5.87. The summed E-state index contributed by atoms with van der Waals surface area (Å²) in [5.41, 5.74) is 5.12. The van der Waals surface area contributed by atoms with E-state index in [0.717, 1.165) is 48.1 Å². The zero-order chi connectivity index (χ0) is 14.5. The number of nitrogens with two attached hydrogens (primary N) is 1. The van der Waals surface area contributed by atoms with Gasteiger partial charge in [-0.2, -0.15) is 5.10 Å². The van der Waals surface area contributed by atoms with Gasteiger partial charge in [0.25, 0.3) is 0 Å². The summed E-state index contributed by atoms with van der Waals surface area (Å²) < 4.78 is 2.03. The van der Waals surface area contributed by atoms with Gasteiger partial charge in [-0.05, 0) is 25.7 Å². The van der Waals surface area contributed by atoms with Crippen LogP contribution in [0.15, 0.2) is 0 Å². The SMILES string of the molecule is CCc1nn(CC)c(CC(CC2CCCC2)NN)c1Cl. The summed E-state index contributed by atoms with van der Waals surface area (Å²) in [4.78, 5) is 0. The fourth-order valence-electron chi connectivity index (χ4n) is 3.30. The lowest BCUT2D eigenvalue weighted by molar-refractivity contribution is 0.382. The summed E-state index contributed by atoms with van der Waals surface area (Å²) >= 11 is 6.47. The molecule has 1 atom stereocenters. The lowest BCUT2D eigenvalue weighted by Gasteiger charge is -2.20. The minimum absolute atomic E-state index is 0.294. The molecule has 1 heterocycles. The highest BCUT2D eigenvalue weighted by atomic mass is 35.5. The van der Waals surface area contributed by atoms with E-state index < -0.39 is 0 Å². The van der Waals surface area contributed by atoms with Crippen LogP contribution >= 0.6 is 11.6 Å². The Balaban J connectivity index is 2.07. The van der Waals surface area contributed by atoms with Crippen LogP contribution in [0.4, 0.5) is 0 Å². The summed E-state index contributed by atoms with van der Waals surface area (Å²) in [6.07, 6.45) is 8.32. The van der Waals surface area contributed by atoms with E-state index in [9.17, 15) is 0 Å². The van der Waals surface area contributed by atoms with E-state index in [2.05, 4.69) is 24.4 Å². The number of hydrogen-bond acceptors (Lipinski definition) is 3. The van der Waals surface area contributed by atoms with E-state index in [4.69, 9.17) is 17.4 Å².